The fourth-order valence-corrected chi connectivity index (χ4v) is 4.85. The van der Waals surface area contributed by atoms with Gasteiger partial charge in [-0.1, -0.05) is 48.5 Å². The predicted molar refractivity (Wildman–Crippen MR) is 149 cm³/mol. The third-order valence-corrected chi connectivity index (χ3v) is 7.17. The summed E-state index contributed by atoms with van der Waals surface area (Å²) in [5.74, 6) is -2.03. The second-order valence-electron chi connectivity index (χ2n) is 10.2. The number of amides is 1. The van der Waals surface area contributed by atoms with Crippen molar-refractivity contribution in [3.8, 4) is 6.01 Å². The molecule has 11 heteroatoms. The van der Waals surface area contributed by atoms with Crippen LogP contribution in [0.25, 0.3) is 0 Å². The molecule has 2 fully saturated rings. The minimum atomic E-state index is -2.92. The number of carbonyl (C=O) groups is 1. The number of ether oxygens (including phenoxy) is 1. The number of piperazine rings is 1. The lowest BCUT2D eigenvalue weighted by atomic mass is 10.1. The van der Waals surface area contributed by atoms with Gasteiger partial charge in [0, 0.05) is 51.3 Å². The van der Waals surface area contributed by atoms with Gasteiger partial charge in [-0.3, -0.25) is 10.1 Å². The maximum Gasteiger partial charge on any atom is 0.323 e. The van der Waals surface area contributed by atoms with Crippen LogP contribution in [0, 0.1) is 0 Å². The zero-order valence-electron chi connectivity index (χ0n) is 22.8. The van der Waals surface area contributed by atoms with E-state index in [1.807, 2.05) is 34.9 Å². The minimum absolute atomic E-state index is 0.0468. The van der Waals surface area contributed by atoms with Crippen LogP contribution in [0.3, 0.4) is 0 Å². The molecule has 40 heavy (non-hydrogen) atoms. The second-order valence-corrected chi connectivity index (χ2v) is 10.2. The average molecular weight is 552 g/mol. The van der Waals surface area contributed by atoms with Crippen LogP contribution in [-0.2, 0) is 23.7 Å². The largest absolute Gasteiger partial charge is 0.464 e. The number of aryl methyl sites for hydroxylation is 1. The lowest BCUT2D eigenvalue weighted by molar-refractivity contribution is -0.131. The molecule has 9 nitrogen and oxygen atoms in total. The molecular weight excluding hydrogens is 516 g/mol. The maximum atomic E-state index is 13.7. The molecule has 2 aliphatic heterocycles. The average Bonchev–Trinajstić information content (AvgIpc) is 3.75. The van der Waals surface area contributed by atoms with Gasteiger partial charge >= 0.3 is 6.01 Å². The number of alkyl halides is 2. The molecule has 3 aromatic rings. The molecule has 1 aromatic heterocycles. The highest BCUT2D eigenvalue weighted by Gasteiger charge is 2.44. The number of nitrogens with one attached hydrogen (secondary N) is 2. The molecule has 0 aliphatic carbocycles. The van der Waals surface area contributed by atoms with Gasteiger partial charge in [-0.25, -0.2) is 8.78 Å². The van der Waals surface area contributed by atoms with Crippen molar-refractivity contribution in [3.05, 3.63) is 71.3 Å². The van der Waals surface area contributed by atoms with Crippen molar-refractivity contribution in [2.75, 3.05) is 43.0 Å². The van der Waals surface area contributed by atoms with Crippen LogP contribution in [0.4, 0.5) is 20.7 Å². The summed E-state index contributed by atoms with van der Waals surface area (Å²) in [5, 5.41) is 6.45. The second kappa shape index (κ2) is 12.1. The molecule has 212 valence electrons. The molecular formula is C29H35F2N7O2. The van der Waals surface area contributed by atoms with Gasteiger partial charge in [0.1, 0.15) is 6.04 Å². The summed E-state index contributed by atoms with van der Waals surface area (Å²) in [5.41, 5.74) is 1.92. The van der Waals surface area contributed by atoms with E-state index in [9.17, 15) is 13.6 Å². The van der Waals surface area contributed by atoms with Crippen molar-refractivity contribution in [1.29, 1.82) is 0 Å². The first-order valence-electron chi connectivity index (χ1n) is 13.7. The summed E-state index contributed by atoms with van der Waals surface area (Å²) in [7, 11) is 0. The van der Waals surface area contributed by atoms with Crippen molar-refractivity contribution in [2.45, 2.75) is 51.2 Å². The summed E-state index contributed by atoms with van der Waals surface area (Å²) in [6.45, 7) is 5.67. The summed E-state index contributed by atoms with van der Waals surface area (Å²) in [4.78, 5) is 30.3. The smallest absolute Gasteiger partial charge is 0.323 e. The van der Waals surface area contributed by atoms with Crippen LogP contribution in [-0.4, -0.2) is 70.6 Å². The number of benzene rings is 2. The first-order chi connectivity index (χ1) is 19.3. The third-order valence-electron chi connectivity index (χ3n) is 7.17. The van der Waals surface area contributed by atoms with Crippen LogP contribution in [0.2, 0.25) is 0 Å². The van der Waals surface area contributed by atoms with E-state index in [0.717, 1.165) is 19.8 Å². The molecule has 2 saturated heterocycles. The topological polar surface area (TPSA) is 105 Å². The number of halogens is 2. The van der Waals surface area contributed by atoms with Gasteiger partial charge in [0.15, 0.2) is 0 Å². The van der Waals surface area contributed by atoms with Crippen molar-refractivity contribution in [3.63, 3.8) is 0 Å². The van der Waals surface area contributed by atoms with E-state index < -0.39 is 5.92 Å². The maximum absolute atomic E-state index is 13.7. The summed E-state index contributed by atoms with van der Waals surface area (Å²) < 4.78 is 33.0. The Morgan fingerprint density at radius 3 is 2.52 bits per heavy atom. The monoisotopic (exact) mass is 551 g/mol. The zero-order chi connectivity index (χ0) is 28.1. The van der Waals surface area contributed by atoms with Gasteiger partial charge in [-0.2, -0.15) is 15.0 Å². The highest BCUT2D eigenvalue weighted by atomic mass is 19.3. The van der Waals surface area contributed by atoms with Gasteiger partial charge in [0.05, 0.1) is 6.61 Å². The van der Waals surface area contributed by atoms with Gasteiger partial charge in [0.25, 0.3) is 5.92 Å². The minimum Gasteiger partial charge on any atom is -0.464 e. The van der Waals surface area contributed by atoms with E-state index in [4.69, 9.17) is 4.74 Å². The first kappa shape index (κ1) is 27.7. The Hall–Kier alpha value is -3.86. The Kier molecular flexibility index (Phi) is 8.39. The number of carbonyl (C=O) groups excluding carboxylic acids is 1. The Morgan fingerprint density at radius 1 is 1.05 bits per heavy atom. The molecule has 2 N–H and O–H groups in total. The highest BCUT2D eigenvalue weighted by Crippen LogP contribution is 2.28. The van der Waals surface area contributed by atoms with E-state index in [1.165, 1.54) is 17.7 Å². The predicted octanol–water partition coefficient (Wildman–Crippen LogP) is 3.62. The standard InChI is InChI=1S/C29H35F2N7O2/c1-3-40-28-35-26(32-19-21-10-7-11-22(18-21)29(2,30)31)34-27(36-28)38-16-14-37(15-17-38)25(39)24-23(33-24)13-12-20-8-5-4-6-9-20/h4-11,18,23-24,33H,3,12-17,19H2,1-2H3,(H,32,34,35,36). The van der Waals surface area contributed by atoms with Gasteiger partial charge in [-0.05, 0) is 37.0 Å². The number of rotatable bonds is 11. The van der Waals surface area contributed by atoms with Gasteiger partial charge < -0.3 is 19.9 Å². The van der Waals surface area contributed by atoms with E-state index in [0.29, 0.717) is 50.2 Å². The molecule has 1 amide bonds. The van der Waals surface area contributed by atoms with Crippen molar-refractivity contribution >= 4 is 17.8 Å². The fraction of sp³-hybridized carbons (Fsp3) is 0.448. The fourth-order valence-electron chi connectivity index (χ4n) is 4.85. The lowest BCUT2D eigenvalue weighted by Gasteiger charge is -2.34. The van der Waals surface area contributed by atoms with Gasteiger partial charge in [0.2, 0.25) is 17.8 Å². The highest BCUT2D eigenvalue weighted by molar-refractivity contribution is 5.86. The van der Waals surface area contributed by atoms with Crippen LogP contribution in [0.1, 0.15) is 37.0 Å². The molecule has 0 spiro atoms. The van der Waals surface area contributed by atoms with E-state index in [1.54, 1.807) is 12.1 Å². The molecule has 2 atom stereocenters. The quantitative estimate of drug-likeness (QED) is 0.348. The number of anilines is 2. The summed E-state index contributed by atoms with van der Waals surface area (Å²) >= 11 is 0. The van der Waals surface area contributed by atoms with Crippen molar-refractivity contribution in [2.24, 2.45) is 0 Å². The van der Waals surface area contributed by atoms with E-state index in [-0.39, 0.29) is 36.1 Å². The third kappa shape index (κ3) is 7.01. The zero-order valence-corrected chi connectivity index (χ0v) is 22.8. The van der Waals surface area contributed by atoms with E-state index >= 15 is 0 Å². The Balaban J connectivity index is 1.16. The Labute approximate surface area is 233 Å². The first-order valence-corrected chi connectivity index (χ1v) is 13.7. The summed E-state index contributed by atoms with van der Waals surface area (Å²) in [6, 6.07) is 16.9. The van der Waals surface area contributed by atoms with Crippen LogP contribution >= 0.6 is 0 Å². The van der Waals surface area contributed by atoms with Crippen LogP contribution in [0.5, 0.6) is 6.01 Å². The molecule has 0 saturated carbocycles. The van der Waals surface area contributed by atoms with E-state index in [2.05, 4.69) is 37.7 Å². The van der Waals surface area contributed by atoms with Crippen molar-refractivity contribution in [1.82, 2.24) is 25.2 Å². The normalized spacial score (nSPS) is 18.9. The molecule has 5 rings (SSSR count). The number of hydrogen-bond donors (Lipinski definition) is 2. The van der Waals surface area contributed by atoms with Crippen LogP contribution in [0.15, 0.2) is 54.6 Å². The molecule has 2 unspecified atom stereocenters. The number of hydrogen-bond acceptors (Lipinski definition) is 8. The number of aromatic nitrogens is 3. The lowest BCUT2D eigenvalue weighted by Crippen LogP contribution is -2.51. The summed E-state index contributed by atoms with van der Waals surface area (Å²) in [6.07, 6.45) is 1.89. The molecule has 2 aromatic carbocycles. The van der Waals surface area contributed by atoms with Crippen molar-refractivity contribution < 1.29 is 18.3 Å². The molecule has 0 bridgehead atoms. The molecule has 3 heterocycles. The molecule has 2 aliphatic rings. The van der Waals surface area contributed by atoms with Crippen LogP contribution < -0.4 is 20.3 Å². The number of nitrogens with zero attached hydrogens (tertiary/aromatic N) is 5. The Bertz CT molecular complexity index is 1300. The van der Waals surface area contributed by atoms with Gasteiger partial charge in [-0.15, -0.1) is 0 Å². The SMILES string of the molecule is CCOc1nc(NCc2cccc(C(C)(F)F)c2)nc(N2CCN(C(=O)C3NC3CCc3ccccc3)CC2)n1. The molecule has 0 radical (unpaired) electrons. The Morgan fingerprint density at radius 2 is 1.80 bits per heavy atom.